The third-order valence-corrected chi connectivity index (χ3v) is 2.22. The van der Waals surface area contributed by atoms with Crippen molar-refractivity contribution in [2.24, 2.45) is 11.8 Å². The summed E-state index contributed by atoms with van der Waals surface area (Å²) in [6, 6.07) is 0. The van der Waals surface area contributed by atoms with Gasteiger partial charge >= 0.3 is 0 Å². The van der Waals surface area contributed by atoms with Gasteiger partial charge in [0.05, 0.1) is 0 Å². The van der Waals surface area contributed by atoms with Gasteiger partial charge in [-0.15, -0.1) is 0 Å². The molecule has 1 unspecified atom stereocenters. The van der Waals surface area contributed by atoms with Crippen LogP contribution in [-0.2, 0) is 4.79 Å². The molecule has 1 aliphatic carbocycles. The standard InChI is InChI=1S/C10H16O/c1-7(2)6-9-5-4-8(3)10(9)11/h4,7,9H,5-6H2,1-3H3. The minimum absolute atomic E-state index is 0.301. The highest BCUT2D eigenvalue weighted by atomic mass is 16.1. The predicted octanol–water partition coefficient (Wildman–Crippen LogP) is 2.57. The van der Waals surface area contributed by atoms with Crippen molar-refractivity contribution < 1.29 is 4.79 Å². The smallest absolute Gasteiger partial charge is 0.161 e. The summed E-state index contributed by atoms with van der Waals surface area (Å²) >= 11 is 0. The molecule has 11 heavy (non-hydrogen) atoms. The molecule has 1 heteroatoms. The summed E-state index contributed by atoms with van der Waals surface area (Å²) in [6.07, 6.45) is 4.09. The first-order valence-corrected chi connectivity index (χ1v) is 4.32. The van der Waals surface area contributed by atoms with E-state index in [9.17, 15) is 4.79 Å². The molecular formula is C10H16O. The maximum absolute atomic E-state index is 11.4. The topological polar surface area (TPSA) is 17.1 Å². The van der Waals surface area contributed by atoms with Crippen LogP contribution in [0.1, 0.15) is 33.6 Å². The summed E-state index contributed by atoms with van der Waals surface area (Å²) in [5.74, 6) is 1.32. The Morgan fingerprint density at radius 1 is 1.64 bits per heavy atom. The number of ketones is 1. The number of carbonyl (C=O) groups excluding carboxylic acids is 1. The van der Waals surface area contributed by atoms with E-state index < -0.39 is 0 Å². The third kappa shape index (κ3) is 1.92. The quantitative estimate of drug-likeness (QED) is 0.594. The zero-order chi connectivity index (χ0) is 8.43. The van der Waals surface area contributed by atoms with E-state index in [0.717, 1.165) is 18.4 Å². The first-order valence-electron chi connectivity index (χ1n) is 4.32. The van der Waals surface area contributed by atoms with Crippen molar-refractivity contribution in [3.8, 4) is 0 Å². The molecule has 0 aromatic rings. The Labute approximate surface area is 68.5 Å². The molecule has 0 N–H and O–H groups in total. The summed E-state index contributed by atoms with van der Waals surface area (Å²) in [4.78, 5) is 11.4. The second-order valence-corrected chi connectivity index (χ2v) is 3.81. The van der Waals surface area contributed by atoms with Crippen LogP contribution in [0.3, 0.4) is 0 Å². The van der Waals surface area contributed by atoms with Gasteiger partial charge in [-0.1, -0.05) is 19.9 Å². The molecule has 62 valence electrons. The van der Waals surface area contributed by atoms with E-state index in [2.05, 4.69) is 19.9 Å². The predicted molar refractivity (Wildman–Crippen MR) is 46.3 cm³/mol. The van der Waals surface area contributed by atoms with Crippen molar-refractivity contribution in [2.75, 3.05) is 0 Å². The average Bonchev–Trinajstić information content (AvgIpc) is 2.18. The van der Waals surface area contributed by atoms with Crippen molar-refractivity contribution in [3.05, 3.63) is 11.6 Å². The van der Waals surface area contributed by atoms with Gasteiger partial charge in [-0.3, -0.25) is 4.79 Å². The highest BCUT2D eigenvalue weighted by molar-refractivity contribution is 5.98. The lowest BCUT2D eigenvalue weighted by molar-refractivity contribution is -0.118. The van der Waals surface area contributed by atoms with Gasteiger partial charge in [0.25, 0.3) is 0 Å². The lowest BCUT2D eigenvalue weighted by Crippen LogP contribution is -2.11. The number of allylic oxidation sites excluding steroid dienone is 2. The zero-order valence-electron chi connectivity index (χ0n) is 7.55. The van der Waals surface area contributed by atoms with E-state index in [1.807, 2.05) is 6.92 Å². The minimum Gasteiger partial charge on any atom is -0.294 e. The van der Waals surface area contributed by atoms with Crippen molar-refractivity contribution in [2.45, 2.75) is 33.6 Å². The average molecular weight is 152 g/mol. The summed E-state index contributed by atoms with van der Waals surface area (Å²) < 4.78 is 0. The summed E-state index contributed by atoms with van der Waals surface area (Å²) in [5, 5.41) is 0. The van der Waals surface area contributed by atoms with Crippen LogP contribution in [0.5, 0.6) is 0 Å². The second-order valence-electron chi connectivity index (χ2n) is 3.81. The molecule has 0 aromatic carbocycles. The monoisotopic (exact) mass is 152 g/mol. The number of Topliss-reactive ketones (excluding diaryl/α,β-unsaturated/α-hetero) is 1. The lowest BCUT2D eigenvalue weighted by atomic mass is 9.93. The molecule has 1 nitrogen and oxygen atoms in total. The zero-order valence-corrected chi connectivity index (χ0v) is 7.55. The molecule has 0 heterocycles. The van der Waals surface area contributed by atoms with Gasteiger partial charge in [-0.2, -0.15) is 0 Å². The van der Waals surface area contributed by atoms with Crippen molar-refractivity contribution in [1.29, 1.82) is 0 Å². The van der Waals surface area contributed by atoms with E-state index >= 15 is 0 Å². The van der Waals surface area contributed by atoms with Gasteiger partial charge in [-0.05, 0) is 31.3 Å². The second kappa shape index (κ2) is 3.21. The van der Waals surface area contributed by atoms with Gasteiger partial charge in [0.1, 0.15) is 0 Å². The van der Waals surface area contributed by atoms with E-state index in [0.29, 0.717) is 17.6 Å². The molecule has 0 saturated heterocycles. The van der Waals surface area contributed by atoms with Gasteiger partial charge < -0.3 is 0 Å². The molecule has 0 radical (unpaired) electrons. The van der Waals surface area contributed by atoms with Crippen LogP contribution in [0, 0.1) is 11.8 Å². The first-order chi connectivity index (χ1) is 5.11. The summed E-state index contributed by atoms with van der Waals surface area (Å²) in [7, 11) is 0. The van der Waals surface area contributed by atoms with Gasteiger partial charge in [0, 0.05) is 5.92 Å². The maximum Gasteiger partial charge on any atom is 0.161 e. The number of carbonyl (C=O) groups is 1. The molecule has 1 atom stereocenters. The summed E-state index contributed by atoms with van der Waals surface area (Å²) in [5.41, 5.74) is 0.968. The van der Waals surface area contributed by atoms with Crippen LogP contribution < -0.4 is 0 Å². The molecule has 0 aromatic heterocycles. The summed E-state index contributed by atoms with van der Waals surface area (Å²) in [6.45, 7) is 6.25. The molecule has 0 saturated carbocycles. The first kappa shape index (κ1) is 8.51. The molecule has 1 aliphatic rings. The molecule has 0 spiro atoms. The van der Waals surface area contributed by atoms with E-state index in [1.165, 1.54) is 0 Å². The Bertz CT molecular complexity index is 189. The Morgan fingerprint density at radius 3 is 2.64 bits per heavy atom. The highest BCUT2D eigenvalue weighted by Gasteiger charge is 2.24. The van der Waals surface area contributed by atoms with Crippen LogP contribution in [-0.4, -0.2) is 5.78 Å². The Hall–Kier alpha value is -0.590. The van der Waals surface area contributed by atoms with Crippen molar-refractivity contribution in [3.63, 3.8) is 0 Å². The van der Waals surface area contributed by atoms with E-state index in [1.54, 1.807) is 0 Å². The normalized spacial score (nSPS) is 24.5. The highest BCUT2D eigenvalue weighted by Crippen LogP contribution is 2.26. The molecule has 0 bridgehead atoms. The maximum atomic E-state index is 11.4. The van der Waals surface area contributed by atoms with Crippen molar-refractivity contribution in [1.82, 2.24) is 0 Å². The van der Waals surface area contributed by atoms with Crippen LogP contribution in [0.4, 0.5) is 0 Å². The fraction of sp³-hybridized carbons (Fsp3) is 0.700. The van der Waals surface area contributed by atoms with E-state index in [-0.39, 0.29) is 0 Å². The number of rotatable bonds is 2. The van der Waals surface area contributed by atoms with E-state index in [4.69, 9.17) is 0 Å². The van der Waals surface area contributed by atoms with Crippen LogP contribution in [0.2, 0.25) is 0 Å². The Kier molecular flexibility index (Phi) is 2.48. The Balaban J connectivity index is 2.48. The van der Waals surface area contributed by atoms with Gasteiger partial charge in [-0.25, -0.2) is 0 Å². The minimum atomic E-state index is 0.301. The largest absolute Gasteiger partial charge is 0.294 e. The third-order valence-electron chi connectivity index (χ3n) is 2.22. The Morgan fingerprint density at radius 2 is 2.27 bits per heavy atom. The molecular weight excluding hydrogens is 136 g/mol. The molecule has 0 amide bonds. The van der Waals surface area contributed by atoms with Crippen LogP contribution in [0.15, 0.2) is 11.6 Å². The van der Waals surface area contributed by atoms with Crippen LogP contribution in [0.25, 0.3) is 0 Å². The van der Waals surface area contributed by atoms with Crippen molar-refractivity contribution >= 4 is 5.78 Å². The van der Waals surface area contributed by atoms with Gasteiger partial charge in [0.15, 0.2) is 5.78 Å². The fourth-order valence-corrected chi connectivity index (χ4v) is 1.62. The lowest BCUT2D eigenvalue weighted by Gasteiger charge is -2.10. The SMILES string of the molecule is CC1=CCC(CC(C)C)C1=O. The fourth-order valence-electron chi connectivity index (χ4n) is 1.62. The molecule has 0 fully saturated rings. The number of hydrogen-bond acceptors (Lipinski definition) is 1. The van der Waals surface area contributed by atoms with Crippen LogP contribution >= 0.6 is 0 Å². The van der Waals surface area contributed by atoms with Gasteiger partial charge in [0.2, 0.25) is 0 Å². The molecule has 0 aliphatic heterocycles. The number of hydrogen-bond donors (Lipinski definition) is 0. The molecule has 1 rings (SSSR count).